The Labute approximate surface area is 165 Å². The maximum Gasteiger partial charge on any atom is 0.287 e. The predicted molar refractivity (Wildman–Crippen MR) is 105 cm³/mol. The van der Waals surface area contributed by atoms with Crippen LogP contribution in [0.15, 0.2) is 24.5 Å². The lowest BCUT2D eigenvalue weighted by Crippen LogP contribution is -2.38. The van der Waals surface area contributed by atoms with Crippen LogP contribution in [-0.2, 0) is 19.5 Å². The molecule has 1 fully saturated rings. The van der Waals surface area contributed by atoms with Crippen molar-refractivity contribution in [2.24, 2.45) is 5.92 Å². The summed E-state index contributed by atoms with van der Waals surface area (Å²) < 4.78 is 1.95. The van der Waals surface area contributed by atoms with Crippen molar-refractivity contribution in [2.75, 3.05) is 13.1 Å². The van der Waals surface area contributed by atoms with Gasteiger partial charge in [-0.25, -0.2) is 4.98 Å². The molecule has 4 rings (SSSR count). The van der Waals surface area contributed by atoms with E-state index in [0.717, 1.165) is 63.0 Å². The summed E-state index contributed by atoms with van der Waals surface area (Å²) in [5.41, 5.74) is 2.32. The van der Waals surface area contributed by atoms with Crippen LogP contribution in [0, 0.1) is 5.92 Å². The van der Waals surface area contributed by atoms with Gasteiger partial charge in [0, 0.05) is 38.6 Å². The molecule has 0 aromatic carbocycles. The number of nitrogens with zero attached hydrogens (tertiary/aromatic N) is 4. The molecular weight excluding hydrogens is 354 g/mol. The average Bonchev–Trinajstić information content (AvgIpc) is 3.13. The summed E-state index contributed by atoms with van der Waals surface area (Å²) in [6.45, 7) is 4.90. The van der Waals surface area contributed by atoms with E-state index >= 15 is 0 Å². The first kappa shape index (κ1) is 18.7. The smallest absolute Gasteiger partial charge is 0.287 e. The fraction of sp³-hybridized carbons (Fsp3) is 0.524. The minimum atomic E-state index is -0.238. The van der Waals surface area contributed by atoms with Crippen LogP contribution in [0.3, 0.4) is 0 Å². The summed E-state index contributed by atoms with van der Waals surface area (Å²) in [5.74, 6) is 0.753. The summed E-state index contributed by atoms with van der Waals surface area (Å²) in [5, 5.41) is 2.92. The van der Waals surface area contributed by atoms with Gasteiger partial charge in [0.15, 0.2) is 5.82 Å². The van der Waals surface area contributed by atoms with Crippen molar-refractivity contribution in [1.82, 2.24) is 24.8 Å². The second-order valence-electron chi connectivity index (χ2n) is 7.86. The third-order valence-corrected chi connectivity index (χ3v) is 5.77. The Morgan fingerprint density at radius 1 is 1.21 bits per heavy atom. The lowest BCUT2D eigenvalue weighted by molar-refractivity contribution is 0.0690. The highest BCUT2D eigenvalue weighted by Crippen LogP contribution is 2.24. The lowest BCUT2D eigenvalue weighted by atomic mass is 9.98. The maximum atomic E-state index is 13.1. The number of nitrogens with one attached hydrogen (secondary N) is 1. The van der Waals surface area contributed by atoms with Crippen molar-refractivity contribution in [1.29, 1.82) is 0 Å². The van der Waals surface area contributed by atoms with Crippen LogP contribution in [0.4, 0.5) is 0 Å². The maximum absolute atomic E-state index is 13.1. The monoisotopic (exact) mass is 381 g/mol. The van der Waals surface area contributed by atoms with Gasteiger partial charge in [0.05, 0.1) is 5.69 Å². The molecule has 1 saturated heterocycles. The SMILES string of the molecule is CC1CCN(C(=O)c2nc(C(=O)NCc3cccnc3)n3c2CCCC3)CC1. The highest BCUT2D eigenvalue weighted by atomic mass is 16.2. The van der Waals surface area contributed by atoms with Crippen LogP contribution in [0.25, 0.3) is 0 Å². The number of imidazole rings is 1. The van der Waals surface area contributed by atoms with E-state index in [1.807, 2.05) is 21.6 Å². The second kappa shape index (κ2) is 8.12. The van der Waals surface area contributed by atoms with Gasteiger partial charge >= 0.3 is 0 Å². The lowest BCUT2D eigenvalue weighted by Gasteiger charge is -2.30. The van der Waals surface area contributed by atoms with E-state index in [1.54, 1.807) is 12.4 Å². The summed E-state index contributed by atoms with van der Waals surface area (Å²) in [6, 6.07) is 3.76. The van der Waals surface area contributed by atoms with Crippen LogP contribution in [0.5, 0.6) is 0 Å². The molecule has 2 aliphatic rings. The Kier molecular flexibility index (Phi) is 5.41. The molecule has 0 saturated carbocycles. The molecule has 2 aromatic rings. The second-order valence-corrected chi connectivity index (χ2v) is 7.86. The van der Waals surface area contributed by atoms with E-state index in [1.165, 1.54) is 0 Å². The zero-order valence-corrected chi connectivity index (χ0v) is 16.4. The summed E-state index contributed by atoms with van der Waals surface area (Å²) >= 11 is 0. The van der Waals surface area contributed by atoms with Gasteiger partial charge < -0.3 is 14.8 Å². The van der Waals surface area contributed by atoms with Gasteiger partial charge in [0.2, 0.25) is 0 Å². The van der Waals surface area contributed by atoms with Crippen LogP contribution >= 0.6 is 0 Å². The number of rotatable bonds is 4. The number of piperidine rings is 1. The molecule has 1 N–H and O–H groups in total. The number of carbonyl (C=O) groups excluding carboxylic acids is 2. The molecule has 0 spiro atoms. The number of fused-ring (bicyclic) bond motifs is 1. The Bertz CT molecular complexity index is 853. The summed E-state index contributed by atoms with van der Waals surface area (Å²) in [6.07, 6.45) is 8.32. The topological polar surface area (TPSA) is 80.1 Å². The van der Waals surface area contributed by atoms with Crippen molar-refractivity contribution < 1.29 is 9.59 Å². The minimum absolute atomic E-state index is 0.0242. The van der Waals surface area contributed by atoms with E-state index in [-0.39, 0.29) is 11.8 Å². The van der Waals surface area contributed by atoms with E-state index in [9.17, 15) is 9.59 Å². The highest BCUT2D eigenvalue weighted by molar-refractivity contribution is 5.97. The normalized spacial score (nSPS) is 17.2. The summed E-state index contributed by atoms with van der Waals surface area (Å²) in [4.78, 5) is 36.4. The van der Waals surface area contributed by atoms with Gasteiger partial charge in [0.25, 0.3) is 11.8 Å². The molecule has 2 amide bonds. The van der Waals surface area contributed by atoms with E-state index in [2.05, 4.69) is 22.2 Å². The first-order chi connectivity index (χ1) is 13.6. The largest absolute Gasteiger partial charge is 0.345 e. The molecule has 7 nitrogen and oxygen atoms in total. The number of likely N-dealkylation sites (tertiary alicyclic amines) is 1. The van der Waals surface area contributed by atoms with Gasteiger partial charge in [-0.05, 0) is 49.7 Å². The molecule has 7 heteroatoms. The number of pyridine rings is 1. The van der Waals surface area contributed by atoms with Crippen LogP contribution in [0.2, 0.25) is 0 Å². The fourth-order valence-corrected chi connectivity index (χ4v) is 4.01. The quantitative estimate of drug-likeness (QED) is 0.882. The number of hydrogen-bond acceptors (Lipinski definition) is 4. The van der Waals surface area contributed by atoms with Gasteiger partial charge in [-0.2, -0.15) is 0 Å². The van der Waals surface area contributed by atoms with Crippen molar-refractivity contribution in [3.63, 3.8) is 0 Å². The van der Waals surface area contributed by atoms with Crippen LogP contribution in [0.1, 0.15) is 65.0 Å². The van der Waals surface area contributed by atoms with E-state index in [0.29, 0.717) is 24.0 Å². The van der Waals surface area contributed by atoms with Gasteiger partial charge in [0.1, 0.15) is 5.69 Å². The Morgan fingerprint density at radius 3 is 2.79 bits per heavy atom. The zero-order chi connectivity index (χ0) is 19.5. The molecule has 148 valence electrons. The molecule has 28 heavy (non-hydrogen) atoms. The standard InChI is InChI=1S/C21H27N5O2/c1-15-7-11-25(12-8-15)21(28)18-17-6-2-3-10-26(17)19(24-18)20(27)23-14-16-5-4-9-22-13-16/h4-5,9,13,15H,2-3,6-8,10-12,14H2,1H3,(H,23,27). The minimum Gasteiger partial charge on any atom is -0.345 e. The Balaban J connectivity index is 1.54. The Hall–Kier alpha value is -2.70. The molecule has 0 bridgehead atoms. The van der Waals surface area contributed by atoms with E-state index in [4.69, 9.17) is 0 Å². The van der Waals surface area contributed by atoms with Crippen LogP contribution < -0.4 is 5.32 Å². The molecule has 0 unspecified atom stereocenters. The molecule has 0 aliphatic carbocycles. The van der Waals surface area contributed by atoms with Crippen molar-refractivity contribution in [2.45, 2.75) is 52.1 Å². The highest BCUT2D eigenvalue weighted by Gasteiger charge is 2.31. The molecule has 0 radical (unpaired) electrons. The van der Waals surface area contributed by atoms with Crippen LogP contribution in [-0.4, -0.2) is 44.3 Å². The third kappa shape index (κ3) is 3.79. The van der Waals surface area contributed by atoms with Crippen molar-refractivity contribution in [3.05, 3.63) is 47.3 Å². The number of aromatic nitrogens is 3. The van der Waals surface area contributed by atoms with Gasteiger partial charge in [-0.1, -0.05) is 13.0 Å². The molecular formula is C21H27N5O2. The summed E-state index contributed by atoms with van der Waals surface area (Å²) in [7, 11) is 0. The number of amides is 2. The van der Waals surface area contributed by atoms with E-state index < -0.39 is 0 Å². The molecule has 4 heterocycles. The number of carbonyl (C=O) groups is 2. The molecule has 2 aromatic heterocycles. The Morgan fingerprint density at radius 2 is 2.04 bits per heavy atom. The number of hydrogen-bond donors (Lipinski definition) is 1. The average molecular weight is 381 g/mol. The third-order valence-electron chi connectivity index (χ3n) is 5.77. The van der Waals surface area contributed by atoms with Gasteiger partial charge in [-0.3, -0.25) is 14.6 Å². The molecule has 0 atom stereocenters. The first-order valence-electron chi connectivity index (χ1n) is 10.2. The van der Waals surface area contributed by atoms with Crippen molar-refractivity contribution in [3.8, 4) is 0 Å². The fourth-order valence-electron chi connectivity index (χ4n) is 4.01. The van der Waals surface area contributed by atoms with Gasteiger partial charge in [-0.15, -0.1) is 0 Å². The van der Waals surface area contributed by atoms with Crippen molar-refractivity contribution >= 4 is 11.8 Å². The first-order valence-corrected chi connectivity index (χ1v) is 10.2. The zero-order valence-electron chi connectivity index (χ0n) is 16.4. The molecule has 2 aliphatic heterocycles. The predicted octanol–water partition coefficient (Wildman–Crippen LogP) is 2.42.